The Kier molecular flexibility index (Phi) is 2.92. The fourth-order valence-corrected chi connectivity index (χ4v) is 1.91. The first-order valence-electron chi connectivity index (χ1n) is 4.96. The largest absolute Gasteiger partial charge is 0.259 e. The van der Waals surface area contributed by atoms with Crippen molar-refractivity contribution in [2.45, 2.75) is 13.8 Å². The van der Waals surface area contributed by atoms with Crippen LogP contribution in [0.1, 0.15) is 11.3 Å². The molecule has 1 heterocycles. The molecule has 0 bridgehead atoms. The third kappa shape index (κ3) is 2.07. The number of halogens is 2. The average molecular weight is 236 g/mol. The number of rotatable bonds is 1. The Morgan fingerprint density at radius 3 is 2.56 bits per heavy atom. The van der Waals surface area contributed by atoms with Crippen LogP contribution in [0.25, 0.3) is 11.1 Å². The SMILES string of the molecule is Cc1cc(-c2ccc(Cl)cc2C)c(F)cn1. The zero-order valence-corrected chi connectivity index (χ0v) is 9.85. The number of aryl methyl sites for hydroxylation is 2. The van der Waals surface area contributed by atoms with Crippen molar-refractivity contribution in [3.8, 4) is 11.1 Å². The molecule has 0 aliphatic carbocycles. The van der Waals surface area contributed by atoms with Crippen LogP contribution in [0.2, 0.25) is 5.02 Å². The van der Waals surface area contributed by atoms with Crippen molar-refractivity contribution in [2.75, 3.05) is 0 Å². The Labute approximate surface area is 98.9 Å². The van der Waals surface area contributed by atoms with E-state index in [2.05, 4.69) is 4.98 Å². The fraction of sp³-hybridized carbons (Fsp3) is 0.154. The van der Waals surface area contributed by atoms with Gasteiger partial charge in [-0.25, -0.2) is 4.39 Å². The molecule has 0 aliphatic rings. The van der Waals surface area contributed by atoms with E-state index in [1.54, 1.807) is 12.1 Å². The van der Waals surface area contributed by atoms with E-state index in [4.69, 9.17) is 11.6 Å². The van der Waals surface area contributed by atoms with E-state index < -0.39 is 0 Å². The van der Waals surface area contributed by atoms with E-state index in [-0.39, 0.29) is 5.82 Å². The van der Waals surface area contributed by atoms with E-state index in [9.17, 15) is 4.39 Å². The highest BCUT2D eigenvalue weighted by molar-refractivity contribution is 6.30. The molecule has 0 radical (unpaired) electrons. The minimum Gasteiger partial charge on any atom is -0.259 e. The van der Waals surface area contributed by atoms with Crippen LogP contribution < -0.4 is 0 Å². The molecule has 3 heteroatoms. The molecule has 2 rings (SSSR count). The molecule has 82 valence electrons. The molecular formula is C13H11ClFN. The smallest absolute Gasteiger partial charge is 0.149 e. The van der Waals surface area contributed by atoms with Gasteiger partial charge in [0.1, 0.15) is 5.82 Å². The number of benzene rings is 1. The van der Waals surface area contributed by atoms with E-state index in [1.807, 2.05) is 26.0 Å². The van der Waals surface area contributed by atoms with Gasteiger partial charge in [0.15, 0.2) is 0 Å². The lowest BCUT2D eigenvalue weighted by molar-refractivity contribution is 0.624. The van der Waals surface area contributed by atoms with Crippen LogP contribution in [-0.2, 0) is 0 Å². The van der Waals surface area contributed by atoms with Gasteiger partial charge < -0.3 is 0 Å². The summed E-state index contributed by atoms with van der Waals surface area (Å²) in [6, 6.07) is 7.16. The summed E-state index contributed by atoms with van der Waals surface area (Å²) in [4.78, 5) is 3.91. The lowest BCUT2D eigenvalue weighted by atomic mass is 10.0. The summed E-state index contributed by atoms with van der Waals surface area (Å²) in [5.74, 6) is -0.309. The second-order valence-electron chi connectivity index (χ2n) is 3.76. The summed E-state index contributed by atoms with van der Waals surface area (Å²) in [5, 5.41) is 0.660. The molecule has 0 fully saturated rings. The highest BCUT2D eigenvalue weighted by Crippen LogP contribution is 2.28. The zero-order valence-electron chi connectivity index (χ0n) is 9.09. The van der Waals surface area contributed by atoms with Crippen molar-refractivity contribution in [3.63, 3.8) is 0 Å². The predicted molar refractivity (Wildman–Crippen MR) is 64.1 cm³/mol. The van der Waals surface area contributed by atoms with Crippen LogP contribution in [0.5, 0.6) is 0 Å². The van der Waals surface area contributed by atoms with Crippen LogP contribution in [0.4, 0.5) is 4.39 Å². The lowest BCUT2D eigenvalue weighted by Crippen LogP contribution is -1.91. The van der Waals surface area contributed by atoms with Crippen LogP contribution in [-0.4, -0.2) is 4.98 Å². The molecule has 0 spiro atoms. The van der Waals surface area contributed by atoms with Gasteiger partial charge in [0, 0.05) is 16.3 Å². The van der Waals surface area contributed by atoms with Gasteiger partial charge in [-0.3, -0.25) is 4.98 Å². The first-order chi connectivity index (χ1) is 7.58. The molecule has 1 aromatic carbocycles. The fourth-order valence-electron chi connectivity index (χ4n) is 1.68. The molecular weight excluding hydrogens is 225 g/mol. The van der Waals surface area contributed by atoms with E-state index in [0.29, 0.717) is 10.6 Å². The van der Waals surface area contributed by atoms with Gasteiger partial charge in [0.05, 0.1) is 6.20 Å². The third-order valence-corrected chi connectivity index (χ3v) is 2.71. The number of hydrogen-bond donors (Lipinski definition) is 0. The van der Waals surface area contributed by atoms with Gasteiger partial charge in [-0.05, 0) is 43.2 Å². The van der Waals surface area contributed by atoms with Gasteiger partial charge in [0.2, 0.25) is 0 Å². The molecule has 0 N–H and O–H groups in total. The number of pyridine rings is 1. The Bertz CT molecular complexity index is 537. The van der Waals surface area contributed by atoms with Gasteiger partial charge >= 0.3 is 0 Å². The van der Waals surface area contributed by atoms with E-state index in [0.717, 1.165) is 16.8 Å². The standard InChI is InChI=1S/C13H11ClFN/c1-8-5-10(14)3-4-11(8)12-6-9(2)16-7-13(12)15/h3-7H,1-2H3. The topological polar surface area (TPSA) is 12.9 Å². The number of aromatic nitrogens is 1. The molecule has 0 atom stereocenters. The Morgan fingerprint density at radius 1 is 1.12 bits per heavy atom. The maximum absolute atomic E-state index is 13.6. The molecule has 1 nitrogen and oxygen atoms in total. The van der Waals surface area contributed by atoms with Crippen molar-refractivity contribution in [1.82, 2.24) is 4.98 Å². The van der Waals surface area contributed by atoms with Gasteiger partial charge in [0.25, 0.3) is 0 Å². The van der Waals surface area contributed by atoms with Gasteiger partial charge in [-0.1, -0.05) is 17.7 Å². The molecule has 0 saturated heterocycles. The summed E-state index contributed by atoms with van der Waals surface area (Å²) >= 11 is 5.87. The average Bonchev–Trinajstić information content (AvgIpc) is 2.22. The second kappa shape index (κ2) is 4.22. The molecule has 2 aromatic rings. The Morgan fingerprint density at radius 2 is 1.88 bits per heavy atom. The van der Waals surface area contributed by atoms with Crippen LogP contribution >= 0.6 is 11.6 Å². The Hall–Kier alpha value is -1.41. The van der Waals surface area contributed by atoms with Crippen LogP contribution in [0.3, 0.4) is 0 Å². The number of nitrogens with zero attached hydrogens (tertiary/aromatic N) is 1. The summed E-state index contributed by atoms with van der Waals surface area (Å²) in [6.45, 7) is 3.75. The highest BCUT2D eigenvalue weighted by atomic mass is 35.5. The van der Waals surface area contributed by atoms with E-state index >= 15 is 0 Å². The van der Waals surface area contributed by atoms with Crippen LogP contribution in [0, 0.1) is 19.7 Å². The van der Waals surface area contributed by atoms with Crippen molar-refractivity contribution in [2.24, 2.45) is 0 Å². The second-order valence-corrected chi connectivity index (χ2v) is 4.20. The van der Waals surface area contributed by atoms with Crippen molar-refractivity contribution in [1.29, 1.82) is 0 Å². The quantitative estimate of drug-likeness (QED) is 0.723. The van der Waals surface area contributed by atoms with E-state index in [1.165, 1.54) is 6.20 Å². The maximum Gasteiger partial charge on any atom is 0.149 e. The summed E-state index contributed by atoms with van der Waals surface area (Å²) in [5.41, 5.74) is 3.18. The Balaban J connectivity index is 2.62. The molecule has 16 heavy (non-hydrogen) atoms. The molecule has 1 aromatic heterocycles. The lowest BCUT2D eigenvalue weighted by Gasteiger charge is -2.08. The summed E-state index contributed by atoms with van der Waals surface area (Å²) in [7, 11) is 0. The van der Waals surface area contributed by atoms with Crippen molar-refractivity contribution < 1.29 is 4.39 Å². The molecule has 0 unspecified atom stereocenters. The third-order valence-electron chi connectivity index (χ3n) is 2.47. The zero-order chi connectivity index (χ0) is 11.7. The number of hydrogen-bond acceptors (Lipinski definition) is 1. The minimum absolute atomic E-state index is 0.309. The van der Waals surface area contributed by atoms with Crippen molar-refractivity contribution in [3.05, 3.63) is 52.6 Å². The maximum atomic E-state index is 13.6. The van der Waals surface area contributed by atoms with Gasteiger partial charge in [-0.2, -0.15) is 0 Å². The predicted octanol–water partition coefficient (Wildman–Crippen LogP) is 4.16. The minimum atomic E-state index is -0.309. The molecule has 0 saturated carbocycles. The normalized spacial score (nSPS) is 10.5. The highest BCUT2D eigenvalue weighted by Gasteiger charge is 2.08. The first kappa shape index (κ1) is 11.1. The monoisotopic (exact) mass is 235 g/mol. The van der Waals surface area contributed by atoms with Gasteiger partial charge in [-0.15, -0.1) is 0 Å². The molecule has 0 aliphatic heterocycles. The summed E-state index contributed by atoms with van der Waals surface area (Å²) in [6.07, 6.45) is 1.25. The molecule has 0 amide bonds. The first-order valence-corrected chi connectivity index (χ1v) is 5.34. The van der Waals surface area contributed by atoms with Crippen molar-refractivity contribution >= 4 is 11.6 Å². The van der Waals surface area contributed by atoms with Crippen LogP contribution in [0.15, 0.2) is 30.5 Å². The summed E-state index contributed by atoms with van der Waals surface area (Å²) < 4.78 is 13.6.